The molecule has 2 N–H and O–H groups in total. The van der Waals surface area contributed by atoms with E-state index in [0.29, 0.717) is 5.92 Å². The average Bonchev–Trinajstić information content (AvgIpc) is 2.55. The summed E-state index contributed by atoms with van der Waals surface area (Å²) in [4.78, 5) is 12.6. The zero-order valence-electron chi connectivity index (χ0n) is 12.6. The van der Waals surface area contributed by atoms with E-state index in [0.717, 1.165) is 39.1 Å². The summed E-state index contributed by atoms with van der Waals surface area (Å²) in [5, 5.41) is 6.57. The van der Waals surface area contributed by atoms with Crippen molar-refractivity contribution in [3.63, 3.8) is 0 Å². The van der Waals surface area contributed by atoms with E-state index in [2.05, 4.69) is 29.7 Å². The second-order valence-electron chi connectivity index (χ2n) is 6.13. The lowest BCUT2D eigenvalue weighted by Gasteiger charge is -2.31. The molecule has 2 atom stereocenters. The largest absolute Gasteiger partial charge is 0.381 e. The van der Waals surface area contributed by atoms with Crippen LogP contribution in [0.1, 0.15) is 36.8 Å². The molecule has 2 aliphatic rings. The fourth-order valence-electron chi connectivity index (χ4n) is 3.39. The Morgan fingerprint density at radius 3 is 2.90 bits per heavy atom. The molecule has 3 rings (SSSR count). The molecule has 1 aromatic carbocycles. The van der Waals surface area contributed by atoms with Gasteiger partial charge in [0.25, 0.3) is 0 Å². The van der Waals surface area contributed by atoms with Crippen molar-refractivity contribution in [2.24, 2.45) is 5.92 Å². The van der Waals surface area contributed by atoms with E-state index in [4.69, 9.17) is 4.74 Å². The van der Waals surface area contributed by atoms with Crippen LogP contribution in [0.3, 0.4) is 0 Å². The Morgan fingerprint density at radius 2 is 2.10 bits per heavy atom. The van der Waals surface area contributed by atoms with Crippen LogP contribution in [0, 0.1) is 5.92 Å². The summed E-state index contributed by atoms with van der Waals surface area (Å²) in [5.41, 5.74) is 2.41. The van der Waals surface area contributed by atoms with Crippen LogP contribution in [0.2, 0.25) is 0 Å². The molecule has 1 aromatic rings. The number of fused-ring (bicyclic) bond motifs is 1. The van der Waals surface area contributed by atoms with Crippen molar-refractivity contribution in [3.8, 4) is 0 Å². The normalized spacial score (nSPS) is 24.1. The van der Waals surface area contributed by atoms with E-state index < -0.39 is 0 Å². The van der Waals surface area contributed by atoms with E-state index in [-0.39, 0.29) is 17.9 Å². The molecule has 0 aliphatic carbocycles. The monoisotopic (exact) mass is 288 g/mol. The third-order valence-corrected chi connectivity index (χ3v) is 4.75. The molecular weight excluding hydrogens is 264 g/mol. The maximum absolute atomic E-state index is 12.6. The highest BCUT2D eigenvalue weighted by atomic mass is 16.5. The first-order valence-corrected chi connectivity index (χ1v) is 7.92. The molecule has 1 amide bonds. The minimum atomic E-state index is -0.0720. The van der Waals surface area contributed by atoms with Crippen molar-refractivity contribution in [1.29, 1.82) is 0 Å². The van der Waals surface area contributed by atoms with Gasteiger partial charge in [-0.3, -0.25) is 4.79 Å². The van der Waals surface area contributed by atoms with Gasteiger partial charge in [-0.15, -0.1) is 0 Å². The van der Waals surface area contributed by atoms with E-state index in [1.165, 1.54) is 11.1 Å². The Balaban J connectivity index is 1.66. The van der Waals surface area contributed by atoms with Crippen LogP contribution >= 0.6 is 0 Å². The van der Waals surface area contributed by atoms with Gasteiger partial charge in [0, 0.05) is 32.3 Å². The van der Waals surface area contributed by atoms with Gasteiger partial charge >= 0.3 is 0 Å². The van der Waals surface area contributed by atoms with E-state index in [1.54, 1.807) is 0 Å². The summed E-state index contributed by atoms with van der Waals surface area (Å²) in [6.45, 7) is 5.34. The van der Waals surface area contributed by atoms with Gasteiger partial charge in [-0.25, -0.2) is 0 Å². The van der Waals surface area contributed by atoms with Crippen LogP contribution in [0.5, 0.6) is 0 Å². The summed E-state index contributed by atoms with van der Waals surface area (Å²) in [7, 11) is 0. The molecule has 1 saturated heterocycles. The molecule has 0 radical (unpaired) electrons. The molecule has 2 unspecified atom stereocenters. The Kier molecular flexibility index (Phi) is 4.56. The summed E-state index contributed by atoms with van der Waals surface area (Å²) in [5.74, 6) is 0.611. The third kappa shape index (κ3) is 3.27. The topological polar surface area (TPSA) is 50.4 Å². The highest BCUT2D eigenvalue weighted by molar-refractivity contribution is 5.84. The molecule has 4 nitrogen and oxygen atoms in total. The van der Waals surface area contributed by atoms with Gasteiger partial charge in [0.05, 0.1) is 5.92 Å². The molecule has 4 heteroatoms. The van der Waals surface area contributed by atoms with Gasteiger partial charge in [-0.1, -0.05) is 24.3 Å². The lowest BCUT2D eigenvalue weighted by Crippen LogP contribution is -2.45. The minimum Gasteiger partial charge on any atom is -0.381 e. The molecule has 2 aliphatic heterocycles. The summed E-state index contributed by atoms with van der Waals surface area (Å²) in [6.07, 6.45) is 2.09. The van der Waals surface area contributed by atoms with E-state index in [9.17, 15) is 4.79 Å². The van der Waals surface area contributed by atoms with Crippen molar-refractivity contribution in [2.75, 3.05) is 19.8 Å². The maximum Gasteiger partial charge on any atom is 0.229 e. The zero-order chi connectivity index (χ0) is 14.7. The van der Waals surface area contributed by atoms with Gasteiger partial charge in [-0.2, -0.15) is 0 Å². The zero-order valence-corrected chi connectivity index (χ0v) is 12.6. The lowest BCUT2D eigenvalue weighted by atomic mass is 9.88. The molecule has 21 heavy (non-hydrogen) atoms. The fraction of sp³-hybridized carbons (Fsp3) is 0.588. The molecule has 1 fully saturated rings. The van der Waals surface area contributed by atoms with E-state index >= 15 is 0 Å². The summed E-state index contributed by atoms with van der Waals surface area (Å²) < 4.78 is 5.39. The van der Waals surface area contributed by atoms with Crippen molar-refractivity contribution < 1.29 is 9.53 Å². The van der Waals surface area contributed by atoms with Crippen LogP contribution in [-0.2, 0) is 16.1 Å². The summed E-state index contributed by atoms with van der Waals surface area (Å²) >= 11 is 0. The number of amides is 1. The Labute approximate surface area is 126 Å². The van der Waals surface area contributed by atoms with Crippen molar-refractivity contribution in [1.82, 2.24) is 10.6 Å². The van der Waals surface area contributed by atoms with Gasteiger partial charge in [0.15, 0.2) is 0 Å². The quantitative estimate of drug-likeness (QED) is 0.892. The smallest absolute Gasteiger partial charge is 0.229 e. The van der Waals surface area contributed by atoms with Crippen molar-refractivity contribution in [3.05, 3.63) is 35.4 Å². The van der Waals surface area contributed by atoms with Crippen molar-refractivity contribution in [2.45, 2.75) is 38.3 Å². The first-order chi connectivity index (χ1) is 10.3. The SMILES string of the molecule is CC(NC(=O)C1CNCc2ccccc21)C1CCOCC1. The third-order valence-electron chi connectivity index (χ3n) is 4.75. The number of rotatable bonds is 3. The number of carbonyl (C=O) groups is 1. The van der Waals surface area contributed by atoms with E-state index in [1.807, 2.05) is 12.1 Å². The average molecular weight is 288 g/mol. The van der Waals surface area contributed by atoms with Gasteiger partial charge in [0.1, 0.15) is 0 Å². The second kappa shape index (κ2) is 6.58. The first kappa shape index (κ1) is 14.5. The predicted octanol–water partition coefficient (Wildman–Crippen LogP) is 1.80. The highest BCUT2D eigenvalue weighted by Crippen LogP contribution is 2.25. The first-order valence-electron chi connectivity index (χ1n) is 7.92. The second-order valence-corrected chi connectivity index (χ2v) is 6.13. The number of hydrogen-bond acceptors (Lipinski definition) is 3. The van der Waals surface area contributed by atoms with Gasteiger partial charge in [0.2, 0.25) is 5.91 Å². The molecule has 0 bridgehead atoms. The van der Waals surface area contributed by atoms with Gasteiger partial charge in [-0.05, 0) is 36.8 Å². The molecule has 0 saturated carbocycles. The fourth-order valence-corrected chi connectivity index (χ4v) is 3.39. The standard InChI is InChI=1S/C17H24N2O2/c1-12(13-6-8-21-9-7-13)19-17(20)16-11-18-10-14-4-2-3-5-15(14)16/h2-5,12-13,16,18H,6-11H2,1H3,(H,19,20). The Bertz CT molecular complexity index is 497. The lowest BCUT2D eigenvalue weighted by molar-refractivity contribution is -0.123. The van der Waals surface area contributed by atoms with Crippen LogP contribution < -0.4 is 10.6 Å². The van der Waals surface area contributed by atoms with Crippen molar-refractivity contribution >= 4 is 5.91 Å². The molecular formula is C17H24N2O2. The van der Waals surface area contributed by atoms with Crippen LogP contribution in [-0.4, -0.2) is 31.7 Å². The molecule has 114 valence electrons. The van der Waals surface area contributed by atoms with Crippen LogP contribution in [0.25, 0.3) is 0 Å². The number of benzene rings is 1. The Morgan fingerprint density at radius 1 is 1.33 bits per heavy atom. The molecule has 0 aromatic heterocycles. The molecule has 0 spiro atoms. The maximum atomic E-state index is 12.6. The number of carbonyl (C=O) groups excluding carboxylic acids is 1. The number of hydrogen-bond donors (Lipinski definition) is 2. The summed E-state index contributed by atoms with van der Waals surface area (Å²) in [6, 6.07) is 8.46. The van der Waals surface area contributed by atoms with Crippen LogP contribution in [0.4, 0.5) is 0 Å². The minimum absolute atomic E-state index is 0.0720. The van der Waals surface area contributed by atoms with Gasteiger partial charge < -0.3 is 15.4 Å². The predicted molar refractivity (Wildman–Crippen MR) is 82.0 cm³/mol. The number of nitrogens with one attached hydrogen (secondary N) is 2. The Hall–Kier alpha value is -1.39. The molecule has 2 heterocycles. The van der Waals surface area contributed by atoms with Crippen LogP contribution in [0.15, 0.2) is 24.3 Å². The number of ether oxygens (including phenoxy) is 1. The highest BCUT2D eigenvalue weighted by Gasteiger charge is 2.29.